The van der Waals surface area contributed by atoms with Crippen LogP contribution >= 0.6 is 11.3 Å². The second kappa shape index (κ2) is 8.16. The maximum absolute atomic E-state index is 3.63. The first kappa shape index (κ1) is 16.0. The number of nitrogens with one attached hydrogen (secondary N) is 1. The van der Waals surface area contributed by atoms with E-state index >= 15 is 0 Å². The Morgan fingerprint density at radius 1 is 1.30 bits per heavy atom. The Hall–Kier alpha value is -0.380. The molecule has 1 heterocycles. The fourth-order valence-corrected chi connectivity index (χ4v) is 3.96. The minimum Gasteiger partial charge on any atom is -0.310 e. The predicted molar refractivity (Wildman–Crippen MR) is 89.3 cm³/mol. The normalized spacial score (nSPS) is 18.2. The van der Waals surface area contributed by atoms with Gasteiger partial charge in [0, 0.05) is 36.6 Å². The van der Waals surface area contributed by atoms with E-state index < -0.39 is 0 Å². The van der Waals surface area contributed by atoms with Crippen molar-refractivity contribution in [3.8, 4) is 0 Å². The molecule has 1 aliphatic rings. The summed E-state index contributed by atoms with van der Waals surface area (Å²) >= 11 is 1.84. The van der Waals surface area contributed by atoms with Crippen molar-refractivity contribution in [2.24, 2.45) is 5.92 Å². The van der Waals surface area contributed by atoms with E-state index in [-0.39, 0.29) is 0 Å². The molecular weight excluding hydrogens is 264 g/mol. The summed E-state index contributed by atoms with van der Waals surface area (Å²) in [4.78, 5) is 4.20. The molecule has 0 amide bonds. The van der Waals surface area contributed by atoms with Crippen molar-refractivity contribution >= 4 is 11.3 Å². The van der Waals surface area contributed by atoms with Crippen molar-refractivity contribution in [3.05, 3.63) is 22.4 Å². The van der Waals surface area contributed by atoms with Crippen molar-refractivity contribution in [2.75, 3.05) is 13.1 Å². The van der Waals surface area contributed by atoms with E-state index in [1.54, 1.807) is 0 Å². The number of rotatable bonds is 8. The smallest absolute Gasteiger partial charge is 0.0300 e. The highest BCUT2D eigenvalue weighted by molar-refractivity contribution is 7.09. The Labute approximate surface area is 128 Å². The van der Waals surface area contributed by atoms with Gasteiger partial charge < -0.3 is 5.32 Å². The third-order valence-corrected chi connectivity index (χ3v) is 5.13. The molecule has 1 N–H and O–H groups in total. The number of hydrogen-bond donors (Lipinski definition) is 1. The summed E-state index contributed by atoms with van der Waals surface area (Å²) in [6, 6.07) is 5.82. The summed E-state index contributed by atoms with van der Waals surface area (Å²) < 4.78 is 0. The largest absolute Gasteiger partial charge is 0.310 e. The summed E-state index contributed by atoms with van der Waals surface area (Å²) in [5.41, 5.74) is 0. The van der Waals surface area contributed by atoms with Gasteiger partial charge in [-0.05, 0) is 37.1 Å². The zero-order valence-corrected chi connectivity index (χ0v) is 14.1. The standard InChI is InChI=1S/C17H30N2S/c1-14(2)13-19(16-7-4-5-8-16)15(3)11-18-12-17-9-6-10-20-17/h6,9-10,14-16,18H,4-5,7-8,11-13H2,1-3H3. The fourth-order valence-electron chi connectivity index (χ4n) is 3.28. The molecule has 0 aromatic carbocycles. The summed E-state index contributed by atoms with van der Waals surface area (Å²) in [7, 11) is 0. The van der Waals surface area contributed by atoms with E-state index in [9.17, 15) is 0 Å². The molecule has 0 aliphatic heterocycles. The molecule has 20 heavy (non-hydrogen) atoms. The average molecular weight is 295 g/mol. The molecule has 1 aromatic heterocycles. The van der Waals surface area contributed by atoms with E-state index in [2.05, 4.69) is 48.5 Å². The van der Waals surface area contributed by atoms with Gasteiger partial charge >= 0.3 is 0 Å². The molecule has 1 fully saturated rings. The van der Waals surface area contributed by atoms with Crippen LogP contribution in [0, 0.1) is 5.92 Å². The third-order valence-electron chi connectivity index (χ3n) is 4.25. The number of thiophene rings is 1. The first-order valence-corrected chi connectivity index (χ1v) is 9.03. The fraction of sp³-hybridized carbons (Fsp3) is 0.765. The summed E-state index contributed by atoms with van der Waals surface area (Å²) in [5, 5.41) is 5.79. The van der Waals surface area contributed by atoms with Crippen LogP contribution in [0.2, 0.25) is 0 Å². The van der Waals surface area contributed by atoms with Gasteiger partial charge in [-0.1, -0.05) is 32.8 Å². The molecule has 0 bridgehead atoms. The van der Waals surface area contributed by atoms with Gasteiger partial charge in [0.05, 0.1) is 0 Å². The van der Waals surface area contributed by atoms with Gasteiger partial charge in [-0.15, -0.1) is 11.3 Å². The molecule has 1 aliphatic carbocycles. The average Bonchev–Trinajstić information content (AvgIpc) is 3.08. The highest BCUT2D eigenvalue weighted by Gasteiger charge is 2.26. The lowest BCUT2D eigenvalue weighted by atomic mass is 10.1. The van der Waals surface area contributed by atoms with Crippen LogP contribution in [0.1, 0.15) is 51.3 Å². The molecule has 1 saturated carbocycles. The Bertz CT molecular complexity index is 355. The van der Waals surface area contributed by atoms with Crippen LogP contribution in [0.25, 0.3) is 0 Å². The van der Waals surface area contributed by atoms with Crippen LogP contribution in [0.4, 0.5) is 0 Å². The number of nitrogens with zero attached hydrogens (tertiary/aromatic N) is 1. The van der Waals surface area contributed by atoms with Crippen molar-refractivity contribution in [1.82, 2.24) is 10.2 Å². The minimum absolute atomic E-state index is 0.639. The van der Waals surface area contributed by atoms with Gasteiger partial charge in [0.25, 0.3) is 0 Å². The Morgan fingerprint density at radius 2 is 2.05 bits per heavy atom. The van der Waals surface area contributed by atoms with Gasteiger partial charge in [0.1, 0.15) is 0 Å². The minimum atomic E-state index is 0.639. The molecule has 1 unspecified atom stereocenters. The zero-order chi connectivity index (χ0) is 14.4. The molecule has 2 rings (SSSR count). The van der Waals surface area contributed by atoms with E-state index in [0.29, 0.717) is 6.04 Å². The van der Waals surface area contributed by atoms with E-state index in [1.807, 2.05) is 11.3 Å². The quantitative estimate of drug-likeness (QED) is 0.775. The first-order valence-electron chi connectivity index (χ1n) is 8.15. The van der Waals surface area contributed by atoms with Crippen LogP contribution in [0.15, 0.2) is 17.5 Å². The number of hydrogen-bond acceptors (Lipinski definition) is 3. The van der Waals surface area contributed by atoms with Crippen LogP contribution in [0.3, 0.4) is 0 Å². The van der Waals surface area contributed by atoms with Gasteiger partial charge in [-0.2, -0.15) is 0 Å². The molecule has 1 aromatic rings. The van der Waals surface area contributed by atoms with Gasteiger partial charge in [-0.25, -0.2) is 0 Å². The van der Waals surface area contributed by atoms with Gasteiger partial charge in [0.2, 0.25) is 0 Å². The van der Waals surface area contributed by atoms with Crippen LogP contribution < -0.4 is 5.32 Å². The van der Waals surface area contributed by atoms with Crippen molar-refractivity contribution in [3.63, 3.8) is 0 Å². The van der Waals surface area contributed by atoms with E-state index in [1.165, 1.54) is 37.1 Å². The molecular formula is C17H30N2S. The maximum atomic E-state index is 3.63. The summed E-state index contributed by atoms with van der Waals surface area (Å²) in [6.45, 7) is 10.4. The lowest BCUT2D eigenvalue weighted by molar-refractivity contribution is 0.125. The van der Waals surface area contributed by atoms with Gasteiger partial charge in [-0.3, -0.25) is 4.90 Å². The second-order valence-electron chi connectivity index (χ2n) is 6.59. The SMILES string of the molecule is CC(C)CN(C(C)CNCc1cccs1)C1CCCC1. The maximum Gasteiger partial charge on any atom is 0.0300 e. The molecule has 0 saturated heterocycles. The lowest BCUT2D eigenvalue weighted by Crippen LogP contribution is -2.47. The first-order chi connectivity index (χ1) is 9.66. The highest BCUT2D eigenvalue weighted by Crippen LogP contribution is 2.25. The molecule has 1 atom stereocenters. The topological polar surface area (TPSA) is 15.3 Å². The van der Waals surface area contributed by atoms with E-state index in [4.69, 9.17) is 0 Å². The Balaban J connectivity index is 1.80. The molecule has 0 radical (unpaired) electrons. The Kier molecular flexibility index (Phi) is 6.53. The highest BCUT2D eigenvalue weighted by atomic mass is 32.1. The van der Waals surface area contributed by atoms with Crippen LogP contribution in [0.5, 0.6) is 0 Å². The molecule has 0 spiro atoms. The van der Waals surface area contributed by atoms with E-state index in [0.717, 1.165) is 25.0 Å². The van der Waals surface area contributed by atoms with Gasteiger partial charge in [0.15, 0.2) is 0 Å². The Morgan fingerprint density at radius 3 is 2.65 bits per heavy atom. The molecule has 2 nitrogen and oxygen atoms in total. The third kappa shape index (κ3) is 4.87. The van der Waals surface area contributed by atoms with Crippen molar-refractivity contribution in [2.45, 2.75) is 65.1 Å². The molecule has 114 valence electrons. The van der Waals surface area contributed by atoms with Crippen LogP contribution in [-0.4, -0.2) is 30.1 Å². The summed E-state index contributed by atoms with van der Waals surface area (Å²) in [6.07, 6.45) is 5.66. The monoisotopic (exact) mass is 294 g/mol. The summed E-state index contributed by atoms with van der Waals surface area (Å²) in [5.74, 6) is 0.760. The lowest BCUT2D eigenvalue weighted by Gasteiger charge is -2.36. The zero-order valence-electron chi connectivity index (χ0n) is 13.3. The van der Waals surface area contributed by atoms with Crippen LogP contribution in [-0.2, 0) is 6.54 Å². The van der Waals surface area contributed by atoms with Crippen molar-refractivity contribution < 1.29 is 0 Å². The molecule has 3 heteroatoms. The predicted octanol–water partition coefficient (Wildman–Crippen LogP) is 4.13. The van der Waals surface area contributed by atoms with Crippen molar-refractivity contribution in [1.29, 1.82) is 0 Å². The second-order valence-corrected chi connectivity index (χ2v) is 7.62.